The second-order valence-corrected chi connectivity index (χ2v) is 5.41. The van der Waals surface area contributed by atoms with Crippen LogP contribution in [0.2, 0.25) is 0 Å². The zero-order valence-corrected chi connectivity index (χ0v) is 12.5. The summed E-state index contributed by atoms with van der Waals surface area (Å²) in [6.07, 6.45) is -4.47. The Morgan fingerprint density at radius 3 is 2.65 bits per heavy atom. The van der Waals surface area contributed by atoms with Crippen molar-refractivity contribution in [1.82, 2.24) is 10.6 Å². The SMILES string of the molecule is N=C(N)CCNCC(NC[C@@]1(O)OC[C@@H](O)[C@@H](O)[C@@H]1O)C(=O)O. The Hall–Kier alpha value is -1.34. The van der Waals surface area contributed by atoms with E-state index in [1.807, 2.05) is 0 Å². The van der Waals surface area contributed by atoms with Gasteiger partial charge >= 0.3 is 5.97 Å². The molecule has 0 bridgehead atoms. The molecular weight excluding hydrogens is 312 g/mol. The monoisotopic (exact) mass is 336 g/mol. The quantitative estimate of drug-likeness (QED) is 0.113. The van der Waals surface area contributed by atoms with E-state index in [-0.39, 0.29) is 18.8 Å². The maximum atomic E-state index is 11.2. The number of aliphatic hydroxyl groups excluding tert-OH is 3. The van der Waals surface area contributed by atoms with Gasteiger partial charge in [0.25, 0.3) is 0 Å². The highest BCUT2D eigenvalue weighted by molar-refractivity contribution is 5.77. The van der Waals surface area contributed by atoms with Crippen molar-refractivity contribution >= 4 is 11.8 Å². The Labute approximate surface area is 132 Å². The summed E-state index contributed by atoms with van der Waals surface area (Å²) in [5, 5.41) is 60.3. The van der Waals surface area contributed by atoms with Crippen molar-refractivity contribution in [1.29, 1.82) is 5.41 Å². The molecule has 5 atom stereocenters. The smallest absolute Gasteiger partial charge is 0.322 e. The average Bonchev–Trinajstić information content (AvgIpc) is 2.48. The second kappa shape index (κ2) is 8.49. The molecule has 134 valence electrons. The van der Waals surface area contributed by atoms with Gasteiger partial charge in [0.05, 0.1) is 19.0 Å². The van der Waals surface area contributed by atoms with Gasteiger partial charge in [0, 0.05) is 19.5 Å². The predicted octanol–water partition coefficient (Wildman–Crippen LogP) is -4.25. The van der Waals surface area contributed by atoms with Gasteiger partial charge in [0.2, 0.25) is 5.79 Å². The first kappa shape index (κ1) is 19.7. The molecule has 11 nitrogen and oxygen atoms in total. The zero-order chi connectivity index (χ0) is 17.6. The number of aliphatic hydroxyl groups is 4. The minimum absolute atomic E-state index is 0.0139. The molecule has 0 spiro atoms. The summed E-state index contributed by atoms with van der Waals surface area (Å²) < 4.78 is 4.92. The second-order valence-electron chi connectivity index (χ2n) is 5.41. The number of carbonyl (C=O) groups is 1. The molecular formula is C12H24N4O7. The van der Waals surface area contributed by atoms with Crippen LogP contribution in [-0.2, 0) is 9.53 Å². The maximum absolute atomic E-state index is 11.2. The Kier molecular flexibility index (Phi) is 7.28. The lowest BCUT2D eigenvalue weighted by molar-refractivity contribution is -0.318. The van der Waals surface area contributed by atoms with Crippen molar-refractivity contribution in [2.24, 2.45) is 5.73 Å². The number of aliphatic carboxylic acids is 1. The van der Waals surface area contributed by atoms with Crippen LogP contribution in [0.25, 0.3) is 0 Å². The Bertz CT molecular complexity index is 424. The average molecular weight is 336 g/mol. The van der Waals surface area contributed by atoms with E-state index in [1.165, 1.54) is 0 Å². The van der Waals surface area contributed by atoms with Crippen LogP contribution >= 0.6 is 0 Å². The fourth-order valence-corrected chi connectivity index (χ4v) is 2.03. The minimum Gasteiger partial charge on any atom is -0.480 e. The van der Waals surface area contributed by atoms with Crippen LogP contribution in [0.15, 0.2) is 0 Å². The van der Waals surface area contributed by atoms with E-state index in [9.17, 15) is 25.2 Å². The van der Waals surface area contributed by atoms with Gasteiger partial charge in [-0.25, -0.2) is 0 Å². The first-order chi connectivity index (χ1) is 10.7. The Morgan fingerprint density at radius 1 is 1.43 bits per heavy atom. The topological polar surface area (TPSA) is 201 Å². The molecule has 23 heavy (non-hydrogen) atoms. The van der Waals surface area contributed by atoms with E-state index >= 15 is 0 Å². The molecule has 0 amide bonds. The van der Waals surface area contributed by atoms with Crippen molar-refractivity contribution in [3.63, 3.8) is 0 Å². The van der Waals surface area contributed by atoms with Gasteiger partial charge < -0.3 is 41.3 Å². The number of hydrogen-bond donors (Lipinski definition) is 9. The molecule has 1 saturated heterocycles. The van der Waals surface area contributed by atoms with Gasteiger partial charge in [-0.15, -0.1) is 0 Å². The minimum atomic E-state index is -2.22. The van der Waals surface area contributed by atoms with E-state index in [0.717, 1.165) is 0 Å². The van der Waals surface area contributed by atoms with Gasteiger partial charge in [0.1, 0.15) is 24.4 Å². The van der Waals surface area contributed by atoms with Crippen molar-refractivity contribution in [3.05, 3.63) is 0 Å². The highest BCUT2D eigenvalue weighted by Crippen LogP contribution is 2.23. The lowest BCUT2D eigenvalue weighted by atomic mass is 9.96. The predicted molar refractivity (Wildman–Crippen MR) is 77.7 cm³/mol. The van der Waals surface area contributed by atoms with Crippen LogP contribution in [0.4, 0.5) is 0 Å². The van der Waals surface area contributed by atoms with Gasteiger partial charge in [-0.05, 0) is 0 Å². The molecule has 11 heteroatoms. The Balaban J connectivity index is 2.50. The first-order valence-electron chi connectivity index (χ1n) is 7.07. The van der Waals surface area contributed by atoms with E-state index in [0.29, 0.717) is 6.54 Å². The van der Waals surface area contributed by atoms with E-state index in [4.69, 9.17) is 21.0 Å². The van der Waals surface area contributed by atoms with Crippen molar-refractivity contribution < 1.29 is 35.1 Å². The number of hydrogen-bond acceptors (Lipinski definition) is 9. The van der Waals surface area contributed by atoms with Crippen molar-refractivity contribution in [3.8, 4) is 0 Å². The van der Waals surface area contributed by atoms with Crippen LogP contribution in [0.1, 0.15) is 6.42 Å². The standard InChI is InChI=1S/C12H24N4O7/c13-8(14)1-2-15-3-6(11(20)21)16-5-12(22)10(19)9(18)7(17)4-23-12/h6-7,9-10,15-19,22H,1-5H2,(H3,13,14)(H,20,21)/t6?,7-,9-,10+,12-/m1/s1. The number of carboxylic acid groups (broad SMARTS) is 1. The van der Waals surface area contributed by atoms with Gasteiger partial charge in [-0.2, -0.15) is 0 Å². The van der Waals surface area contributed by atoms with Crippen molar-refractivity contribution in [2.45, 2.75) is 36.6 Å². The van der Waals surface area contributed by atoms with Crippen LogP contribution in [0.3, 0.4) is 0 Å². The van der Waals surface area contributed by atoms with Gasteiger partial charge in [0.15, 0.2) is 0 Å². The third-order valence-corrected chi connectivity index (χ3v) is 3.50. The third-order valence-electron chi connectivity index (χ3n) is 3.50. The zero-order valence-electron chi connectivity index (χ0n) is 12.5. The highest BCUT2D eigenvalue weighted by Gasteiger charge is 2.48. The van der Waals surface area contributed by atoms with Crippen LogP contribution in [0.5, 0.6) is 0 Å². The molecule has 0 aliphatic carbocycles. The molecule has 1 fully saturated rings. The van der Waals surface area contributed by atoms with Crippen LogP contribution < -0.4 is 16.4 Å². The van der Waals surface area contributed by atoms with Crippen LogP contribution in [-0.4, -0.2) is 93.7 Å². The molecule has 0 aromatic rings. The number of amidine groups is 1. The summed E-state index contributed by atoms with van der Waals surface area (Å²) >= 11 is 0. The maximum Gasteiger partial charge on any atom is 0.322 e. The first-order valence-corrected chi connectivity index (χ1v) is 7.07. The molecule has 1 unspecified atom stereocenters. The summed E-state index contributed by atoms with van der Waals surface area (Å²) in [5.74, 6) is -3.45. The summed E-state index contributed by atoms with van der Waals surface area (Å²) in [5.41, 5.74) is 5.17. The fraction of sp³-hybridized carbons (Fsp3) is 0.833. The molecule has 0 aromatic heterocycles. The van der Waals surface area contributed by atoms with Gasteiger partial charge in [-0.1, -0.05) is 0 Å². The summed E-state index contributed by atoms with van der Waals surface area (Å²) in [6, 6.07) is -1.11. The molecule has 1 aliphatic rings. The summed E-state index contributed by atoms with van der Waals surface area (Å²) in [7, 11) is 0. The molecule has 0 saturated carbocycles. The van der Waals surface area contributed by atoms with Crippen molar-refractivity contribution in [2.75, 3.05) is 26.2 Å². The largest absolute Gasteiger partial charge is 0.480 e. The lowest BCUT2D eigenvalue weighted by Crippen LogP contribution is -2.65. The van der Waals surface area contributed by atoms with E-state index in [1.54, 1.807) is 0 Å². The fourth-order valence-electron chi connectivity index (χ4n) is 2.03. The van der Waals surface area contributed by atoms with Crippen LogP contribution in [0, 0.1) is 5.41 Å². The molecule has 1 aliphatic heterocycles. The third kappa shape index (κ3) is 5.66. The molecule has 0 aromatic carbocycles. The summed E-state index contributed by atoms with van der Waals surface area (Å²) in [6.45, 7) is -0.566. The molecule has 1 heterocycles. The Morgan fingerprint density at radius 2 is 2.09 bits per heavy atom. The van der Waals surface area contributed by atoms with E-state index in [2.05, 4.69) is 10.6 Å². The van der Waals surface area contributed by atoms with E-state index < -0.39 is 49.3 Å². The molecule has 1 rings (SSSR count). The normalized spacial score (nSPS) is 32.4. The molecule has 0 radical (unpaired) electrons. The number of nitrogens with one attached hydrogen (secondary N) is 3. The number of rotatable bonds is 9. The van der Waals surface area contributed by atoms with Gasteiger partial charge in [-0.3, -0.25) is 15.5 Å². The summed E-state index contributed by atoms with van der Waals surface area (Å²) in [4.78, 5) is 11.2. The number of ether oxygens (including phenoxy) is 1. The number of nitrogens with two attached hydrogens (primary N) is 1. The number of carboxylic acids is 1. The molecule has 10 N–H and O–H groups in total. The lowest BCUT2D eigenvalue weighted by Gasteiger charge is -2.42. The highest BCUT2D eigenvalue weighted by atomic mass is 16.6.